The summed E-state index contributed by atoms with van der Waals surface area (Å²) in [4.78, 5) is 8.82. The molecule has 1 unspecified atom stereocenters. The van der Waals surface area contributed by atoms with Crippen LogP contribution in [0.15, 0.2) is 22.5 Å². The number of likely N-dealkylation sites (tertiary alicyclic amines) is 1. The Hall–Kier alpha value is -1.07. The molecule has 4 nitrogen and oxygen atoms in total. The summed E-state index contributed by atoms with van der Waals surface area (Å²) in [6.45, 7) is 15.4. The Kier molecular flexibility index (Phi) is 7.56. The third-order valence-electron chi connectivity index (χ3n) is 4.63. The largest absolute Gasteiger partial charge is 0.357 e. The van der Waals surface area contributed by atoms with E-state index in [1.54, 1.807) is 0 Å². The molecule has 1 aromatic rings. The van der Waals surface area contributed by atoms with E-state index in [0.717, 1.165) is 31.5 Å². The molecule has 2 N–H and O–H groups in total. The topological polar surface area (TPSA) is 39.7 Å². The van der Waals surface area contributed by atoms with Crippen molar-refractivity contribution in [2.75, 3.05) is 39.3 Å². The monoisotopic (exact) mass is 350 g/mol. The van der Waals surface area contributed by atoms with Gasteiger partial charge in [0.15, 0.2) is 5.96 Å². The van der Waals surface area contributed by atoms with Gasteiger partial charge in [0.05, 0.1) is 6.54 Å². The van der Waals surface area contributed by atoms with Crippen molar-refractivity contribution in [2.45, 2.75) is 46.0 Å². The van der Waals surface area contributed by atoms with Crippen molar-refractivity contribution in [3.05, 3.63) is 22.4 Å². The van der Waals surface area contributed by atoms with Gasteiger partial charge in [-0.25, -0.2) is 0 Å². The first-order valence-electron chi connectivity index (χ1n) is 9.33. The highest BCUT2D eigenvalue weighted by Gasteiger charge is 2.23. The van der Waals surface area contributed by atoms with E-state index in [1.165, 1.54) is 37.4 Å². The van der Waals surface area contributed by atoms with Crippen LogP contribution in [-0.4, -0.2) is 50.1 Å². The Morgan fingerprint density at radius 1 is 1.38 bits per heavy atom. The van der Waals surface area contributed by atoms with Gasteiger partial charge in [-0.2, -0.15) is 0 Å². The molecule has 0 spiro atoms. The van der Waals surface area contributed by atoms with Crippen LogP contribution in [0.3, 0.4) is 0 Å². The van der Waals surface area contributed by atoms with Crippen LogP contribution in [0.1, 0.15) is 45.4 Å². The average molecular weight is 351 g/mol. The number of thiophene rings is 1. The Labute approximate surface area is 151 Å². The second-order valence-corrected chi connectivity index (χ2v) is 8.34. The highest BCUT2D eigenvalue weighted by molar-refractivity contribution is 7.10. The van der Waals surface area contributed by atoms with Crippen LogP contribution in [-0.2, 0) is 5.41 Å². The second kappa shape index (κ2) is 9.42. The van der Waals surface area contributed by atoms with Gasteiger partial charge in [-0.3, -0.25) is 4.99 Å². The van der Waals surface area contributed by atoms with Crippen molar-refractivity contribution in [3.63, 3.8) is 0 Å². The maximum Gasteiger partial charge on any atom is 0.191 e. The number of aliphatic imine (C=N–C) groups is 1. The maximum atomic E-state index is 4.84. The Balaban J connectivity index is 1.85. The molecule has 2 heterocycles. The Bertz CT molecular complexity index is 495. The average Bonchev–Trinajstić information content (AvgIpc) is 3.22. The highest BCUT2D eigenvalue weighted by atomic mass is 32.1. The molecule has 0 radical (unpaired) electrons. The minimum Gasteiger partial charge on any atom is -0.357 e. The summed E-state index contributed by atoms with van der Waals surface area (Å²) in [5.74, 6) is 1.70. The quantitative estimate of drug-likeness (QED) is 0.558. The molecule has 0 aromatic carbocycles. The number of nitrogens with one attached hydrogen (secondary N) is 2. The van der Waals surface area contributed by atoms with Gasteiger partial charge < -0.3 is 15.5 Å². The molecule has 0 amide bonds. The van der Waals surface area contributed by atoms with E-state index >= 15 is 0 Å². The van der Waals surface area contributed by atoms with Crippen LogP contribution in [0.5, 0.6) is 0 Å². The Morgan fingerprint density at radius 2 is 2.21 bits per heavy atom. The molecule has 0 saturated carbocycles. The van der Waals surface area contributed by atoms with Gasteiger partial charge in [-0.1, -0.05) is 26.8 Å². The zero-order chi connectivity index (χ0) is 17.4. The van der Waals surface area contributed by atoms with Crippen LogP contribution in [0.25, 0.3) is 0 Å². The first kappa shape index (κ1) is 19.3. The lowest BCUT2D eigenvalue weighted by atomic mass is 9.92. The van der Waals surface area contributed by atoms with Gasteiger partial charge in [-0.15, -0.1) is 11.3 Å². The molecule has 2 rings (SSSR count). The van der Waals surface area contributed by atoms with Gasteiger partial charge in [-0.05, 0) is 50.2 Å². The number of hydrogen-bond acceptors (Lipinski definition) is 3. The van der Waals surface area contributed by atoms with E-state index < -0.39 is 0 Å². The highest BCUT2D eigenvalue weighted by Crippen LogP contribution is 2.27. The molecular formula is C19H34N4S. The third-order valence-corrected chi connectivity index (χ3v) is 5.87. The second-order valence-electron chi connectivity index (χ2n) is 7.39. The number of rotatable bonds is 8. The summed E-state index contributed by atoms with van der Waals surface area (Å²) in [7, 11) is 0. The van der Waals surface area contributed by atoms with Crippen molar-refractivity contribution in [3.8, 4) is 0 Å². The van der Waals surface area contributed by atoms with Crippen LogP contribution in [0.2, 0.25) is 0 Å². The predicted octanol–water partition coefficient (Wildman–Crippen LogP) is 3.31. The maximum absolute atomic E-state index is 4.84. The molecule has 24 heavy (non-hydrogen) atoms. The predicted molar refractivity (Wildman–Crippen MR) is 106 cm³/mol. The lowest BCUT2D eigenvalue weighted by Crippen LogP contribution is -2.41. The van der Waals surface area contributed by atoms with Gasteiger partial charge in [0.25, 0.3) is 0 Å². The van der Waals surface area contributed by atoms with E-state index in [-0.39, 0.29) is 5.41 Å². The van der Waals surface area contributed by atoms with Crippen LogP contribution in [0, 0.1) is 5.92 Å². The fraction of sp³-hybridized carbons (Fsp3) is 0.737. The number of guanidine groups is 1. The standard InChI is InChI=1S/C19H34N4S/c1-5-10-23-11-9-16(14-23)13-21-18(20-6-2)22-15-19(3,4)17-8-7-12-24-17/h7-8,12,16H,5-6,9-11,13-15H2,1-4H3,(H2,20,21,22). The first-order chi connectivity index (χ1) is 11.5. The molecule has 136 valence electrons. The molecule has 1 aromatic heterocycles. The summed E-state index contributed by atoms with van der Waals surface area (Å²) in [6, 6.07) is 4.33. The lowest BCUT2D eigenvalue weighted by molar-refractivity contribution is 0.324. The lowest BCUT2D eigenvalue weighted by Gasteiger charge is -2.22. The van der Waals surface area contributed by atoms with Gasteiger partial charge >= 0.3 is 0 Å². The van der Waals surface area contributed by atoms with Crippen LogP contribution < -0.4 is 10.6 Å². The van der Waals surface area contributed by atoms with Crippen molar-refractivity contribution in [1.29, 1.82) is 0 Å². The van der Waals surface area contributed by atoms with Gasteiger partial charge in [0.2, 0.25) is 0 Å². The van der Waals surface area contributed by atoms with Crippen LogP contribution >= 0.6 is 11.3 Å². The summed E-state index contributed by atoms with van der Waals surface area (Å²) < 4.78 is 0. The smallest absolute Gasteiger partial charge is 0.191 e. The molecule has 0 aliphatic carbocycles. The normalized spacial score (nSPS) is 19.7. The third kappa shape index (κ3) is 5.78. The van der Waals surface area contributed by atoms with E-state index in [0.29, 0.717) is 0 Å². The molecular weight excluding hydrogens is 316 g/mol. The van der Waals surface area contributed by atoms with Crippen molar-refractivity contribution in [2.24, 2.45) is 10.9 Å². The zero-order valence-electron chi connectivity index (χ0n) is 15.8. The van der Waals surface area contributed by atoms with Crippen molar-refractivity contribution < 1.29 is 0 Å². The SMILES string of the molecule is CCCN1CCC(CNC(=NCC(C)(C)c2cccs2)NCC)C1. The minimum atomic E-state index is 0.0851. The number of hydrogen-bond donors (Lipinski definition) is 2. The van der Waals surface area contributed by atoms with Gasteiger partial charge in [0, 0.05) is 29.9 Å². The first-order valence-corrected chi connectivity index (χ1v) is 10.2. The van der Waals surface area contributed by atoms with Crippen molar-refractivity contribution in [1.82, 2.24) is 15.5 Å². The van der Waals surface area contributed by atoms with Crippen LogP contribution in [0.4, 0.5) is 0 Å². The molecule has 1 atom stereocenters. The van der Waals surface area contributed by atoms with E-state index in [4.69, 9.17) is 4.99 Å². The Morgan fingerprint density at radius 3 is 2.88 bits per heavy atom. The van der Waals surface area contributed by atoms with E-state index in [9.17, 15) is 0 Å². The molecule has 1 fully saturated rings. The zero-order valence-corrected chi connectivity index (χ0v) is 16.6. The molecule has 1 aliphatic heterocycles. The molecule has 1 aliphatic rings. The minimum absolute atomic E-state index is 0.0851. The summed E-state index contributed by atoms with van der Waals surface area (Å²) in [5.41, 5.74) is 0.0851. The van der Waals surface area contributed by atoms with E-state index in [2.05, 4.69) is 60.7 Å². The molecule has 1 saturated heterocycles. The molecule has 0 bridgehead atoms. The number of nitrogens with zero attached hydrogens (tertiary/aromatic N) is 2. The van der Waals surface area contributed by atoms with Gasteiger partial charge in [0.1, 0.15) is 0 Å². The van der Waals surface area contributed by atoms with Crippen molar-refractivity contribution >= 4 is 17.3 Å². The van der Waals surface area contributed by atoms with E-state index in [1.807, 2.05) is 11.3 Å². The summed E-state index contributed by atoms with van der Waals surface area (Å²) >= 11 is 1.82. The summed E-state index contributed by atoms with van der Waals surface area (Å²) in [5, 5.41) is 9.09. The summed E-state index contributed by atoms with van der Waals surface area (Å²) in [6.07, 6.45) is 2.55. The fourth-order valence-electron chi connectivity index (χ4n) is 3.20. The fourth-order valence-corrected chi connectivity index (χ4v) is 4.04. The molecule has 5 heteroatoms.